The average Bonchev–Trinajstić information content (AvgIpc) is 1.23. The summed E-state index contributed by atoms with van der Waals surface area (Å²) >= 11 is 5.59. The maximum absolute atomic E-state index is 2.44. The first-order valence-corrected chi connectivity index (χ1v) is 53.7. The minimum absolute atomic E-state index is 1.12. The van der Waals surface area contributed by atoms with E-state index in [0.29, 0.717) is 0 Å². The molecule has 150 heavy (non-hydrogen) atoms. The molecule has 0 saturated carbocycles. The topological polar surface area (TPSA) is 9.72 Å². The second-order valence-electron chi connectivity index (χ2n) is 38.9. The Morgan fingerprint density at radius 1 is 0.107 bits per heavy atom. The van der Waals surface area contributed by atoms with Gasteiger partial charge in [-0.15, -0.1) is 34.0 Å². The zero-order chi connectivity index (χ0) is 99.1. The number of fused-ring (bicyclic) bond motifs is 21. The van der Waals surface area contributed by atoms with E-state index < -0.39 is 0 Å². The Labute approximate surface area is 881 Å². The second-order valence-corrected chi connectivity index (χ2v) is 42.1. The number of nitrogens with zero attached hydrogens (tertiary/aromatic N) is 3. The smallest absolute Gasteiger partial charge is 0.0546 e. The third-order valence-corrected chi connectivity index (χ3v) is 33.5. The van der Waals surface area contributed by atoms with Gasteiger partial charge in [-0.05, 0) is 281 Å². The molecule has 27 aromatic carbocycles. The van der Waals surface area contributed by atoms with E-state index in [2.05, 4.69) is 579 Å². The number of hydrogen-bond acceptors (Lipinski definition) is 6. The molecule has 0 aliphatic heterocycles. The summed E-state index contributed by atoms with van der Waals surface area (Å²) in [7, 11) is 0. The van der Waals surface area contributed by atoms with Crippen molar-refractivity contribution < 1.29 is 0 Å². The van der Waals surface area contributed by atoms with Gasteiger partial charge in [-0.25, -0.2) is 0 Å². The van der Waals surface area contributed by atoms with Crippen LogP contribution in [-0.4, -0.2) is 0 Å². The molecule has 0 amide bonds. The fraction of sp³-hybridized carbons (Fsp3) is 0. The van der Waals surface area contributed by atoms with Crippen LogP contribution in [-0.2, 0) is 0 Å². The first-order valence-electron chi connectivity index (χ1n) is 51.3. The SMILES string of the molecule is c1cc(-c2ccc(N(c3ccc4c(c3)sc3ccccc34)c3cc4ccccc4c4ccccc34)cc2)cc(-c2ccc3ccccc3c2)c1.c1cc(-c2ccc(N(c3ccc4c(c3)sc3ccccc34)c3cc4ccccc4c4ccccc34)cc2)cc(-c2cccc3ccccc23)c1.c1ccc2cc(-c3ccc(-c4ccc(N(c5ccc6c(c5)sc5ccccc56)c5cc6ccccc6c6ccccc56)cc4)cc3)ccc2c1. The summed E-state index contributed by atoms with van der Waals surface area (Å²) in [6, 6.07) is 206. The predicted octanol–water partition coefficient (Wildman–Crippen LogP) is 43.0. The zero-order valence-electron chi connectivity index (χ0n) is 81.8. The van der Waals surface area contributed by atoms with Crippen LogP contribution in [0.3, 0.4) is 0 Å². The molecule has 6 heteroatoms. The molecule has 0 spiro atoms. The van der Waals surface area contributed by atoms with Gasteiger partial charge in [0.25, 0.3) is 0 Å². The van der Waals surface area contributed by atoms with Crippen LogP contribution >= 0.6 is 34.0 Å². The highest BCUT2D eigenvalue weighted by Crippen LogP contribution is 2.52. The van der Waals surface area contributed by atoms with Crippen molar-refractivity contribution in [2.24, 2.45) is 0 Å². The molecular formula is C144H93N3S3. The Bertz CT molecular complexity index is 10500. The molecule has 30 aromatic rings. The van der Waals surface area contributed by atoms with Crippen LogP contribution in [0.15, 0.2) is 564 Å². The summed E-state index contributed by atoms with van der Waals surface area (Å²) in [5, 5.41) is 30.4. The molecule has 3 nitrogen and oxygen atoms in total. The van der Waals surface area contributed by atoms with Gasteiger partial charge < -0.3 is 14.7 Å². The number of thiophene rings is 3. The Balaban J connectivity index is 0.000000108. The molecule has 0 radical (unpaired) electrons. The zero-order valence-corrected chi connectivity index (χ0v) is 84.2. The summed E-state index contributed by atoms with van der Waals surface area (Å²) in [6.07, 6.45) is 0. The lowest BCUT2D eigenvalue weighted by atomic mass is 9.95. The Kier molecular flexibility index (Phi) is 22.6. The van der Waals surface area contributed by atoms with Crippen molar-refractivity contribution in [2.45, 2.75) is 0 Å². The third-order valence-electron chi connectivity index (χ3n) is 30.1. The quantitative estimate of drug-likeness (QED) is 0.0947. The first kappa shape index (κ1) is 89.0. The second kappa shape index (κ2) is 38.1. The molecule has 0 saturated heterocycles. The minimum atomic E-state index is 1.12. The van der Waals surface area contributed by atoms with E-state index in [4.69, 9.17) is 0 Å². The van der Waals surface area contributed by atoms with Crippen LogP contribution in [0.2, 0.25) is 0 Å². The molecule has 3 heterocycles. The predicted molar refractivity (Wildman–Crippen MR) is 652 cm³/mol. The maximum Gasteiger partial charge on any atom is 0.0546 e. The van der Waals surface area contributed by atoms with Crippen LogP contribution in [0.5, 0.6) is 0 Å². The Hall–Kier alpha value is -18.7. The summed E-state index contributed by atoms with van der Waals surface area (Å²) in [6.45, 7) is 0. The van der Waals surface area contributed by atoms with Gasteiger partial charge >= 0.3 is 0 Å². The Morgan fingerprint density at radius 2 is 0.340 bits per heavy atom. The van der Waals surface area contributed by atoms with Gasteiger partial charge in [-0.2, -0.15) is 0 Å². The van der Waals surface area contributed by atoms with E-state index >= 15 is 0 Å². The third kappa shape index (κ3) is 16.4. The van der Waals surface area contributed by atoms with E-state index in [-0.39, 0.29) is 0 Å². The molecular weight excluding hydrogens is 1870 g/mol. The van der Waals surface area contributed by atoms with Gasteiger partial charge in [0.2, 0.25) is 0 Å². The summed E-state index contributed by atoms with van der Waals surface area (Å²) < 4.78 is 7.83. The lowest BCUT2D eigenvalue weighted by molar-refractivity contribution is 1.31. The van der Waals surface area contributed by atoms with Crippen molar-refractivity contribution in [3.63, 3.8) is 0 Å². The van der Waals surface area contributed by atoms with Gasteiger partial charge in [0, 0.05) is 111 Å². The van der Waals surface area contributed by atoms with E-state index in [1.54, 1.807) is 0 Å². The van der Waals surface area contributed by atoms with E-state index in [0.717, 1.165) is 34.1 Å². The number of hydrogen-bond donors (Lipinski definition) is 0. The normalized spacial score (nSPS) is 11.6. The van der Waals surface area contributed by atoms with Gasteiger partial charge in [-0.3, -0.25) is 0 Å². The highest BCUT2D eigenvalue weighted by Gasteiger charge is 2.26. The summed E-state index contributed by atoms with van der Waals surface area (Å²) in [5.41, 5.74) is 24.9. The van der Waals surface area contributed by atoms with Crippen molar-refractivity contribution in [3.05, 3.63) is 564 Å². The lowest BCUT2D eigenvalue weighted by Gasteiger charge is -2.28. The lowest BCUT2D eigenvalue weighted by Crippen LogP contribution is -2.10. The Morgan fingerprint density at radius 3 is 0.713 bits per heavy atom. The van der Waals surface area contributed by atoms with Gasteiger partial charge in [0.1, 0.15) is 0 Å². The minimum Gasteiger partial charge on any atom is -0.310 e. The molecule has 0 bridgehead atoms. The molecule has 0 N–H and O–H groups in total. The van der Waals surface area contributed by atoms with Crippen LogP contribution in [0.1, 0.15) is 0 Å². The van der Waals surface area contributed by atoms with Crippen LogP contribution in [0, 0.1) is 0 Å². The maximum atomic E-state index is 2.44. The molecule has 0 aliphatic rings. The summed E-state index contributed by atoms with van der Waals surface area (Å²) in [5.74, 6) is 0. The average molecular weight is 1960 g/mol. The van der Waals surface area contributed by atoms with Crippen LogP contribution in [0.25, 0.3) is 224 Å². The molecule has 0 atom stereocenters. The molecule has 0 unspecified atom stereocenters. The van der Waals surface area contributed by atoms with Crippen molar-refractivity contribution in [1.82, 2.24) is 0 Å². The number of benzene rings is 27. The highest BCUT2D eigenvalue weighted by molar-refractivity contribution is 7.26. The number of rotatable bonds is 15. The monoisotopic (exact) mass is 1960 g/mol. The molecule has 30 rings (SSSR count). The molecule has 0 aliphatic carbocycles. The van der Waals surface area contributed by atoms with E-state index in [1.165, 1.54) is 241 Å². The first-order chi connectivity index (χ1) is 74.3. The van der Waals surface area contributed by atoms with Crippen molar-refractivity contribution in [3.8, 4) is 66.8 Å². The van der Waals surface area contributed by atoms with Gasteiger partial charge in [0.15, 0.2) is 0 Å². The molecule has 3 aromatic heterocycles. The molecule has 0 fully saturated rings. The van der Waals surface area contributed by atoms with E-state index in [1.807, 2.05) is 34.0 Å². The van der Waals surface area contributed by atoms with Crippen molar-refractivity contribution in [1.29, 1.82) is 0 Å². The fourth-order valence-corrected chi connectivity index (χ4v) is 26.1. The van der Waals surface area contributed by atoms with Crippen molar-refractivity contribution >= 4 is 243 Å². The van der Waals surface area contributed by atoms with Crippen LogP contribution < -0.4 is 14.7 Å². The van der Waals surface area contributed by atoms with Gasteiger partial charge in [0.05, 0.1) is 17.1 Å². The molecule has 702 valence electrons. The highest BCUT2D eigenvalue weighted by atomic mass is 32.1. The van der Waals surface area contributed by atoms with Gasteiger partial charge in [-0.1, -0.05) is 431 Å². The number of anilines is 9. The van der Waals surface area contributed by atoms with Crippen LogP contribution in [0.4, 0.5) is 51.2 Å². The largest absolute Gasteiger partial charge is 0.310 e. The summed E-state index contributed by atoms with van der Waals surface area (Å²) in [4.78, 5) is 7.31. The van der Waals surface area contributed by atoms with Crippen molar-refractivity contribution in [2.75, 3.05) is 14.7 Å². The fourth-order valence-electron chi connectivity index (χ4n) is 22.7. The van der Waals surface area contributed by atoms with E-state index in [9.17, 15) is 0 Å². The standard InChI is InChI=1S/3C48H31NS/c1-3-16-39-33(11-1)13-10-21-40(39)35-15-9-14-34(29-35)32-23-25-37(26-24-32)49(38-27-28-45-44-20-7-8-22-47(44)50-48(45)31-38)46-30-36-12-2-4-17-41(36)42-18-5-6-19-43(42)46;1-2-11-34-29-37(21-20-32(34)10-1)36-14-9-13-35(28-36)33-22-24-39(25-23-33)49(40-26-27-45-44-18-7-8-19-47(44)50-48(45)31-40)46-30-38-12-3-4-15-41(38)42-16-5-6-17-43(42)46;1-2-10-36-29-37(22-21-32(36)9-1)35-19-17-33(18-20-35)34-23-25-39(26-24-34)49(40-27-28-45-44-15-7-8-16-47(44)50-48(45)31-40)46-30-38-11-3-4-12-41(38)42-13-5-6-14-43(42)46/h3*1-31H.